The minimum Gasteiger partial charge on any atom is -0.404 e. The van der Waals surface area contributed by atoms with E-state index in [1.165, 1.54) is 18.5 Å². The summed E-state index contributed by atoms with van der Waals surface area (Å²) >= 11 is 0. The van der Waals surface area contributed by atoms with Gasteiger partial charge in [0.15, 0.2) is 11.5 Å². The van der Waals surface area contributed by atoms with Crippen molar-refractivity contribution < 1.29 is 31.9 Å². The summed E-state index contributed by atoms with van der Waals surface area (Å²) in [6.45, 7) is 2.82. The highest BCUT2D eigenvalue weighted by Crippen LogP contribution is 2.32. The number of Topliss-reactive ketones (excluding diaryl/α,β-unsaturated/α-hetero) is 1. The highest BCUT2D eigenvalue weighted by molar-refractivity contribution is 6.00. The number of ketones is 1. The molecule has 3 heterocycles. The van der Waals surface area contributed by atoms with Crippen molar-refractivity contribution in [3.05, 3.63) is 72.1 Å². The Morgan fingerprint density at radius 3 is 2.47 bits per heavy atom. The standard InChI is InChI=1S/C26H25F4N5O3/c1-34-9-11-35(12-10-34)16-24(37)33-21-13-17(5-7-23(21)38-26(28,29)30)22(36)14-19-6-4-18(15-32-19)20-3-2-8-31-25(20)27/h2-8,13,15H,9-12,14,16H2,1H3,(H,33,37). The van der Waals surface area contributed by atoms with Crippen LogP contribution in [-0.2, 0) is 11.2 Å². The molecule has 8 nitrogen and oxygen atoms in total. The first-order valence-electron chi connectivity index (χ1n) is 11.8. The quantitative estimate of drug-likeness (QED) is 0.269. The summed E-state index contributed by atoms with van der Waals surface area (Å²) in [5.41, 5.74) is 0.918. The molecule has 0 radical (unpaired) electrons. The molecule has 1 saturated heterocycles. The Kier molecular flexibility index (Phi) is 8.32. The Morgan fingerprint density at radius 2 is 1.82 bits per heavy atom. The lowest BCUT2D eigenvalue weighted by molar-refractivity contribution is -0.274. The number of hydrogen-bond donors (Lipinski definition) is 1. The van der Waals surface area contributed by atoms with E-state index in [4.69, 9.17) is 0 Å². The number of nitrogens with one attached hydrogen (secondary N) is 1. The zero-order chi connectivity index (χ0) is 27.3. The Labute approximate surface area is 216 Å². The van der Waals surface area contributed by atoms with Gasteiger partial charge < -0.3 is 15.0 Å². The number of nitrogens with zero attached hydrogens (tertiary/aromatic N) is 4. The van der Waals surface area contributed by atoms with Gasteiger partial charge in [-0.05, 0) is 43.4 Å². The number of hydrogen-bond acceptors (Lipinski definition) is 7. The molecular formula is C26H25F4N5O3. The van der Waals surface area contributed by atoms with Gasteiger partial charge in [-0.3, -0.25) is 19.5 Å². The number of alkyl halides is 3. The van der Waals surface area contributed by atoms with Gasteiger partial charge in [0.25, 0.3) is 0 Å². The van der Waals surface area contributed by atoms with Crippen molar-refractivity contribution in [1.82, 2.24) is 19.8 Å². The number of carbonyl (C=O) groups is 2. The first-order valence-corrected chi connectivity index (χ1v) is 11.8. The third-order valence-corrected chi connectivity index (χ3v) is 6.00. The van der Waals surface area contributed by atoms with Gasteiger partial charge in [-0.15, -0.1) is 13.2 Å². The maximum absolute atomic E-state index is 13.9. The molecule has 200 valence electrons. The second-order valence-corrected chi connectivity index (χ2v) is 8.87. The van der Waals surface area contributed by atoms with E-state index < -0.39 is 29.7 Å². The predicted octanol–water partition coefficient (Wildman–Crippen LogP) is 3.79. The fourth-order valence-corrected chi connectivity index (χ4v) is 3.97. The highest BCUT2D eigenvalue weighted by Gasteiger charge is 2.32. The Bertz CT molecular complexity index is 1290. The Hall–Kier alpha value is -3.90. The number of ether oxygens (including phenoxy) is 1. The van der Waals surface area contributed by atoms with Gasteiger partial charge in [0.05, 0.1) is 18.7 Å². The number of anilines is 1. The second-order valence-electron chi connectivity index (χ2n) is 8.87. The number of carbonyl (C=O) groups excluding carboxylic acids is 2. The number of halogens is 4. The van der Waals surface area contributed by atoms with Crippen molar-refractivity contribution in [3.63, 3.8) is 0 Å². The number of likely N-dealkylation sites (N-methyl/N-ethyl adjacent to an activating group) is 1. The minimum absolute atomic E-state index is 0.00866. The van der Waals surface area contributed by atoms with E-state index in [1.807, 2.05) is 11.9 Å². The molecule has 0 aliphatic carbocycles. The van der Waals surface area contributed by atoms with E-state index in [0.717, 1.165) is 25.2 Å². The molecule has 38 heavy (non-hydrogen) atoms. The van der Waals surface area contributed by atoms with Crippen molar-refractivity contribution in [3.8, 4) is 16.9 Å². The maximum atomic E-state index is 13.9. The molecule has 0 atom stereocenters. The molecule has 3 aromatic rings. The minimum atomic E-state index is -4.98. The average molecular weight is 532 g/mol. The second kappa shape index (κ2) is 11.7. The van der Waals surface area contributed by atoms with Crippen LogP contribution < -0.4 is 10.1 Å². The van der Waals surface area contributed by atoms with Gasteiger partial charge in [-0.2, -0.15) is 4.39 Å². The summed E-state index contributed by atoms with van der Waals surface area (Å²) in [5.74, 6) is -2.24. The molecule has 12 heteroatoms. The summed E-state index contributed by atoms with van der Waals surface area (Å²) in [6.07, 6.45) is -2.41. The number of benzene rings is 1. The monoisotopic (exact) mass is 531 g/mol. The van der Waals surface area contributed by atoms with E-state index in [-0.39, 0.29) is 29.8 Å². The van der Waals surface area contributed by atoms with Crippen LogP contribution in [0.5, 0.6) is 5.75 Å². The van der Waals surface area contributed by atoms with Gasteiger partial charge >= 0.3 is 6.36 Å². The summed E-state index contributed by atoms with van der Waals surface area (Å²) in [7, 11) is 1.96. The summed E-state index contributed by atoms with van der Waals surface area (Å²) in [6, 6.07) is 9.63. The van der Waals surface area contributed by atoms with Gasteiger partial charge in [-0.1, -0.05) is 6.07 Å². The molecule has 1 fully saturated rings. The van der Waals surface area contributed by atoms with Crippen molar-refractivity contribution in [1.29, 1.82) is 0 Å². The number of piperazine rings is 1. The molecule has 0 spiro atoms. The van der Waals surface area contributed by atoms with Crippen LogP contribution >= 0.6 is 0 Å². The van der Waals surface area contributed by atoms with Crippen LogP contribution in [0.2, 0.25) is 0 Å². The number of amides is 1. The third kappa shape index (κ3) is 7.33. The molecule has 1 aromatic carbocycles. The van der Waals surface area contributed by atoms with Crippen LogP contribution in [0.15, 0.2) is 54.9 Å². The van der Waals surface area contributed by atoms with Crippen LogP contribution in [0.1, 0.15) is 16.1 Å². The van der Waals surface area contributed by atoms with Crippen molar-refractivity contribution in [2.24, 2.45) is 0 Å². The molecule has 1 amide bonds. The van der Waals surface area contributed by atoms with Crippen molar-refractivity contribution in [2.75, 3.05) is 45.1 Å². The van der Waals surface area contributed by atoms with Crippen molar-refractivity contribution >= 4 is 17.4 Å². The topological polar surface area (TPSA) is 87.7 Å². The highest BCUT2D eigenvalue weighted by atomic mass is 19.4. The largest absolute Gasteiger partial charge is 0.573 e. The molecule has 1 N–H and O–H groups in total. The molecular weight excluding hydrogens is 506 g/mol. The molecule has 4 rings (SSSR count). The molecule has 0 saturated carbocycles. The molecule has 1 aliphatic heterocycles. The zero-order valence-corrected chi connectivity index (χ0v) is 20.5. The zero-order valence-electron chi connectivity index (χ0n) is 20.5. The van der Waals surface area contributed by atoms with Crippen LogP contribution in [0.3, 0.4) is 0 Å². The fourth-order valence-electron chi connectivity index (χ4n) is 3.97. The SMILES string of the molecule is CN1CCN(CC(=O)Nc2cc(C(=O)Cc3ccc(-c4cccnc4F)cn3)ccc2OC(F)(F)F)CC1. The van der Waals surface area contributed by atoms with Crippen LogP contribution in [-0.4, -0.2) is 77.6 Å². The van der Waals surface area contributed by atoms with Crippen LogP contribution in [0, 0.1) is 5.95 Å². The molecule has 1 aliphatic rings. The third-order valence-electron chi connectivity index (χ3n) is 6.00. The van der Waals surface area contributed by atoms with Gasteiger partial charge in [-0.25, -0.2) is 4.98 Å². The van der Waals surface area contributed by atoms with Gasteiger partial charge in [0.1, 0.15) is 0 Å². The molecule has 0 unspecified atom stereocenters. The van der Waals surface area contributed by atoms with E-state index in [2.05, 4.69) is 24.9 Å². The predicted molar refractivity (Wildman–Crippen MR) is 131 cm³/mol. The number of aromatic nitrogens is 2. The smallest absolute Gasteiger partial charge is 0.404 e. The lowest BCUT2D eigenvalue weighted by atomic mass is 10.0. The lowest BCUT2D eigenvalue weighted by Crippen LogP contribution is -2.47. The van der Waals surface area contributed by atoms with E-state index in [1.54, 1.807) is 24.3 Å². The lowest BCUT2D eigenvalue weighted by Gasteiger charge is -2.31. The molecule has 2 aromatic heterocycles. The summed E-state index contributed by atoms with van der Waals surface area (Å²) in [4.78, 5) is 37.3. The van der Waals surface area contributed by atoms with Gasteiger partial charge in [0, 0.05) is 61.0 Å². The van der Waals surface area contributed by atoms with Gasteiger partial charge in [0.2, 0.25) is 11.9 Å². The first kappa shape index (κ1) is 27.1. The summed E-state index contributed by atoms with van der Waals surface area (Å²) in [5, 5.41) is 2.45. The average Bonchev–Trinajstić information content (AvgIpc) is 2.86. The normalized spacial score (nSPS) is 14.8. The Balaban J connectivity index is 1.48. The van der Waals surface area contributed by atoms with Crippen LogP contribution in [0.4, 0.5) is 23.2 Å². The number of rotatable bonds is 8. The first-order chi connectivity index (χ1) is 18.1. The van der Waals surface area contributed by atoms with Crippen LogP contribution in [0.25, 0.3) is 11.1 Å². The summed E-state index contributed by atoms with van der Waals surface area (Å²) < 4.78 is 56.8. The maximum Gasteiger partial charge on any atom is 0.573 e. The van der Waals surface area contributed by atoms with E-state index >= 15 is 0 Å². The van der Waals surface area contributed by atoms with E-state index in [9.17, 15) is 27.2 Å². The Morgan fingerprint density at radius 1 is 1.05 bits per heavy atom. The number of pyridine rings is 2. The van der Waals surface area contributed by atoms with E-state index in [0.29, 0.717) is 24.3 Å². The fraction of sp³-hybridized carbons (Fsp3) is 0.308. The molecule has 0 bridgehead atoms. The van der Waals surface area contributed by atoms with Crippen molar-refractivity contribution in [2.45, 2.75) is 12.8 Å².